The Labute approximate surface area is 93.8 Å². The SMILES string of the molecule is NC1(C(=O)NC(CO)C(=O)O)CCCCC1. The summed E-state index contributed by atoms with van der Waals surface area (Å²) in [4.78, 5) is 22.4. The van der Waals surface area contributed by atoms with Crippen LogP contribution in [0, 0.1) is 0 Å². The first-order valence-corrected chi connectivity index (χ1v) is 5.43. The van der Waals surface area contributed by atoms with Crippen LogP contribution in [0.25, 0.3) is 0 Å². The van der Waals surface area contributed by atoms with Gasteiger partial charge in [0, 0.05) is 0 Å². The van der Waals surface area contributed by atoms with E-state index < -0.39 is 30.1 Å². The summed E-state index contributed by atoms with van der Waals surface area (Å²) >= 11 is 0. The second-order valence-corrected chi connectivity index (χ2v) is 4.26. The van der Waals surface area contributed by atoms with Crippen molar-refractivity contribution in [1.29, 1.82) is 0 Å². The number of nitrogens with two attached hydrogens (primary N) is 1. The summed E-state index contributed by atoms with van der Waals surface area (Å²) in [6.07, 6.45) is 3.93. The van der Waals surface area contributed by atoms with Crippen LogP contribution >= 0.6 is 0 Å². The van der Waals surface area contributed by atoms with Gasteiger partial charge in [-0.05, 0) is 12.8 Å². The number of nitrogens with one attached hydrogen (secondary N) is 1. The Hall–Kier alpha value is -1.14. The fourth-order valence-corrected chi connectivity index (χ4v) is 1.90. The Morgan fingerprint density at radius 1 is 1.31 bits per heavy atom. The molecule has 1 rings (SSSR count). The maximum atomic E-state index is 11.8. The molecule has 6 nitrogen and oxygen atoms in total. The Bertz CT molecular complexity index is 274. The van der Waals surface area contributed by atoms with E-state index in [0.717, 1.165) is 19.3 Å². The number of carbonyl (C=O) groups is 2. The molecule has 1 unspecified atom stereocenters. The standard InChI is InChI=1S/C10H18N2O4/c11-10(4-2-1-3-5-10)9(16)12-7(6-13)8(14)15/h7,13H,1-6,11H2,(H,12,16)(H,14,15). The lowest BCUT2D eigenvalue weighted by Crippen LogP contribution is -2.58. The zero-order valence-electron chi connectivity index (χ0n) is 9.11. The molecule has 0 aliphatic heterocycles. The number of aliphatic carboxylic acids is 1. The number of aliphatic hydroxyl groups excluding tert-OH is 1. The highest BCUT2D eigenvalue weighted by atomic mass is 16.4. The van der Waals surface area contributed by atoms with Crippen molar-refractivity contribution in [3.05, 3.63) is 0 Å². The number of hydrogen-bond donors (Lipinski definition) is 4. The maximum absolute atomic E-state index is 11.8. The molecule has 0 aromatic rings. The van der Waals surface area contributed by atoms with Crippen LogP contribution in [-0.4, -0.2) is 40.3 Å². The molecule has 0 saturated heterocycles. The van der Waals surface area contributed by atoms with Gasteiger partial charge in [-0.15, -0.1) is 0 Å². The normalized spacial score (nSPS) is 21.1. The molecule has 5 N–H and O–H groups in total. The van der Waals surface area contributed by atoms with E-state index in [4.69, 9.17) is 15.9 Å². The van der Waals surface area contributed by atoms with Gasteiger partial charge in [-0.2, -0.15) is 0 Å². The summed E-state index contributed by atoms with van der Waals surface area (Å²) in [5.41, 5.74) is 4.95. The minimum absolute atomic E-state index is 0.478. The van der Waals surface area contributed by atoms with E-state index in [0.29, 0.717) is 12.8 Å². The zero-order valence-corrected chi connectivity index (χ0v) is 9.11. The van der Waals surface area contributed by atoms with E-state index >= 15 is 0 Å². The van der Waals surface area contributed by atoms with Crippen molar-refractivity contribution >= 4 is 11.9 Å². The van der Waals surface area contributed by atoms with Crippen molar-refractivity contribution in [2.24, 2.45) is 5.73 Å². The molecule has 1 atom stereocenters. The van der Waals surface area contributed by atoms with Crippen molar-refractivity contribution in [3.8, 4) is 0 Å². The van der Waals surface area contributed by atoms with Crippen molar-refractivity contribution in [2.45, 2.75) is 43.7 Å². The topological polar surface area (TPSA) is 113 Å². The third kappa shape index (κ3) is 2.93. The molecule has 16 heavy (non-hydrogen) atoms. The van der Waals surface area contributed by atoms with Crippen molar-refractivity contribution in [1.82, 2.24) is 5.32 Å². The van der Waals surface area contributed by atoms with Crippen molar-refractivity contribution < 1.29 is 19.8 Å². The van der Waals surface area contributed by atoms with Gasteiger partial charge in [0.15, 0.2) is 0 Å². The predicted molar refractivity (Wildman–Crippen MR) is 56.7 cm³/mol. The number of hydrogen-bond acceptors (Lipinski definition) is 4. The summed E-state index contributed by atoms with van der Waals surface area (Å²) in [6, 6.07) is -1.27. The van der Waals surface area contributed by atoms with Crippen LogP contribution in [-0.2, 0) is 9.59 Å². The molecule has 1 aliphatic rings. The number of carbonyl (C=O) groups excluding carboxylic acids is 1. The Kier molecular flexibility index (Phi) is 4.26. The fourth-order valence-electron chi connectivity index (χ4n) is 1.90. The third-order valence-corrected chi connectivity index (χ3v) is 2.98. The van der Waals surface area contributed by atoms with Crippen molar-refractivity contribution in [2.75, 3.05) is 6.61 Å². The van der Waals surface area contributed by atoms with Gasteiger partial charge >= 0.3 is 5.97 Å². The zero-order chi connectivity index (χ0) is 12.2. The molecule has 0 radical (unpaired) electrons. The summed E-state index contributed by atoms with van der Waals surface area (Å²) in [5, 5.41) is 19.7. The Balaban J connectivity index is 2.59. The second-order valence-electron chi connectivity index (χ2n) is 4.26. The molecule has 0 bridgehead atoms. The maximum Gasteiger partial charge on any atom is 0.328 e. The molecule has 1 saturated carbocycles. The van der Waals surface area contributed by atoms with Gasteiger partial charge in [0.05, 0.1) is 12.1 Å². The summed E-state index contributed by atoms with van der Waals surface area (Å²) in [7, 11) is 0. The van der Waals surface area contributed by atoms with E-state index in [9.17, 15) is 9.59 Å². The quantitative estimate of drug-likeness (QED) is 0.505. The molecule has 0 spiro atoms. The summed E-state index contributed by atoms with van der Waals surface area (Å²) in [5.74, 6) is -1.73. The number of rotatable bonds is 4. The molecular weight excluding hydrogens is 212 g/mol. The highest BCUT2D eigenvalue weighted by Gasteiger charge is 2.37. The molecule has 92 valence electrons. The molecule has 0 heterocycles. The molecular formula is C10H18N2O4. The Morgan fingerprint density at radius 3 is 2.31 bits per heavy atom. The molecule has 1 fully saturated rings. The van der Waals surface area contributed by atoms with Gasteiger partial charge in [0.25, 0.3) is 0 Å². The first-order chi connectivity index (χ1) is 7.49. The fraction of sp³-hybridized carbons (Fsp3) is 0.800. The molecule has 1 aliphatic carbocycles. The van der Waals surface area contributed by atoms with Crippen LogP contribution < -0.4 is 11.1 Å². The van der Waals surface area contributed by atoms with E-state index in [1.807, 2.05) is 0 Å². The number of carboxylic acids is 1. The number of amides is 1. The van der Waals surface area contributed by atoms with Gasteiger partial charge in [0.1, 0.15) is 6.04 Å². The molecule has 0 aromatic heterocycles. The molecule has 1 amide bonds. The largest absolute Gasteiger partial charge is 0.480 e. The number of aliphatic hydroxyl groups is 1. The number of carboxylic acid groups (broad SMARTS) is 1. The second kappa shape index (κ2) is 5.27. The monoisotopic (exact) mass is 230 g/mol. The van der Waals surface area contributed by atoms with Gasteiger partial charge in [-0.1, -0.05) is 19.3 Å². The summed E-state index contributed by atoms with van der Waals surface area (Å²) < 4.78 is 0. The average Bonchev–Trinajstić information content (AvgIpc) is 2.26. The Morgan fingerprint density at radius 2 is 1.88 bits per heavy atom. The van der Waals surface area contributed by atoms with Crippen LogP contribution in [0.5, 0.6) is 0 Å². The minimum atomic E-state index is -1.27. The van der Waals surface area contributed by atoms with E-state index in [1.165, 1.54) is 0 Å². The lowest BCUT2D eigenvalue weighted by Gasteiger charge is -2.32. The van der Waals surface area contributed by atoms with Gasteiger partial charge in [-0.25, -0.2) is 4.79 Å². The van der Waals surface area contributed by atoms with E-state index in [1.54, 1.807) is 0 Å². The van der Waals surface area contributed by atoms with E-state index in [-0.39, 0.29) is 0 Å². The van der Waals surface area contributed by atoms with Gasteiger partial charge < -0.3 is 21.3 Å². The highest BCUT2D eigenvalue weighted by Crippen LogP contribution is 2.25. The van der Waals surface area contributed by atoms with Gasteiger partial charge in [-0.3, -0.25) is 4.79 Å². The average molecular weight is 230 g/mol. The van der Waals surface area contributed by atoms with Crippen LogP contribution in [0.3, 0.4) is 0 Å². The van der Waals surface area contributed by atoms with Gasteiger partial charge in [0.2, 0.25) is 5.91 Å². The predicted octanol–water partition coefficient (Wildman–Crippen LogP) is -0.790. The molecule has 6 heteroatoms. The smallest absolute Gasteiger partial charge is 0.328 e. The minimum Gasteiger partial charge on any atom is -0.480 e. The van der Waals surface area contributed by atoms with Crippen LogP contribution in [0.2, 0.25) is 0 Å². The molecule has 0 aromatic carbocycles. The van der Waals surface area contributed by atoms with Crippen molar-refractivity contribution in [3.63, 3.8) is 0 Å². The van der Waals surface area contributed by atoms with Crippen LogP contribution in [0.1, 0.15) is 32.1 Å². The third-order valence-electron chi connectivity index (χ3n) is 2.98. The highest BCUT2D eigenvalue weighted by molar-refractivity contribution is 5.90. The summed E-state index contributed by atoms with van der Waals surface area (Å²) in [6.45, 7) is -0.628. The first kappa shape index (κ1) is 12.9. The lowest BCUT2D eigenvalue weighted by atomic mass is 9.82. The first-order valence-electron chi connectivity index (χ1n) is 5.43. The van der Waals surface area contributed by atoms with E-state index in [2.05, 4.69) is 5.32 Å². The van der Waals surface area contributed by atoms with Crippen LogP contribution in [0.15, 0.2) is 0 Å². The lowest BCUT2D eigenvalue weighted by molar-refractivity contribution is -0.144. The van der Waals surface area contributed by atoms with Crippen LogP contribution in [0.4, 0.5) is 0 Å².